The van der Waals surface area contributed by atoms with Crippen LogP contribution in [-0.4, -0.2) is 48.3 Å². The van der Waals surface area contributed by atoms with Gasteiger partial charge in [0.25, 0.3) is 0 Å². The Morgan fingerprint density at radius 1 is 0.750 bits per heavy atom. The lowest BCUT2D eigenvalue weighted by molar-refractivity contribution is 0.0805. The Morgan fingerprint density at radius 3 is 1.69 bits per heavy atom. The van der Waals surface area contributed by atoms with Crippen LogP contribution in [0.1, 0.15) is 49.1 Å². The van der Waals surface area contributed by atoms with Crippen molar-refractivity contribution in [3.05, 3.63) is 39.9 Å². The van der Waals surface area contributed by atoms with Crippen molar-refractivity contribution in [2.24, 2.45) is 0 Å². The highest BCUT2D eigenvalue weighted by Gasteiger charge is 2.39. The first kappa shape index (κ1) is 24.5. The van der Waals surface area contributed by atoms with Crippen molar-refractivity contribution in [2.75, 3.05) is 42.2 Å². The quantitative estimate of drug-likeness (QED) is 0.395. The molecule has 0 amide bonds. The molecule has 1 unspecified atom stereocenters. The Bertz CT molecular complexity index is 891. The minimum atomic E-state index is -0.00294. The van der Waals surface area contributed by atoms with Crippen LogP contribution in [-0.2, 0) is 4.74 Å². The van der Waals surface area contributed by atoms with Gasteiger partial charge in [0.05, 0.1) is 45.6 Å². The van der Waals surface area contributed by atoms with E-state index >= 15 is 0 Å². The van der Waals surface area contributed by atoms with Crippen LogP contribution < -0.4 is 23.7 Å². The Labute approximate surface area is 199 Å². The molecule has 7 heteroatoms. The highest BCUT2D eigenvalue weighted by Crippen LogP contribution is 2.50. The molecule has 0 heterocycles. The zero-order chi connectivity index (χ0) is 23.3. The van der Waals surface area contributed by atoms with Gasteiger partial charge in [-0.25, -0.2) is 0 Å². The second kappa shape index (κ2) is 11.1. The molecule has 0 spiro atoms. The van der Waals surface area contributed by atoms with Gasteiger partial charge >= 0.3 is 0 Å². The molecule has 1 fully saturated rings. The Morgan fingerprint density at radius 2 is 1.25 bits per heavy atom. The molecule has 3 atom stereocenters. The number of hydrogen-bond acceptors (Lipinski definition) is 6. The van der Waals surface area contributed by atoms with E-state index in [1.165, 1.54) is 5.56 Å². The van der Waals surface area contributed by atoms with Crippen molar-refractivity contribution < 1.29 is 28.4 Å². The molecule has 1 saturated carbocycles. The van der Waals surface area contributed by atoms with E-state index in [1.807, 2.05) is 12.1 Å². The third-order valence-electron chi connectivity index (χ3n) is 6.10. The third kappa shape index (κ3) is 4.79. The number of methoxy groups -OCH3 is 5. The van der Waals surface area contributed by atoms with Crippen molar-refractivity contribution in [1.82, 2.24) is 0 Å². The lowest BCUT2D eigenvalue weighted by Gasteiger charge is -2.26. The maximum atomic E-state index is 6.06. The number of benzene rings is 2. The fourth-order valence-corrected chi connectivity index (χ4v) is 5.20. The van der Waals surface area contributed by atoms with Crippen LogP contribution in [0.2, 0.25) is 0 Å². The molecule has 1 aliphatic carbocycles. The van der Waals surface area contributed by atoms with Crippen LogP contribution >= 0.6 is 15.9 Å². The van der Waals surface area contributed by atoms with Gasteiger partial charge in [-0.1, -0.05) is 6.92 Å². The second-order valence-corrected chi connectivity index (χ2v) is 8.69. The van der Waals surface area contributed by atoms with E-state index in [0.717, 1.165) is 40.8 Å². The summed E-state index contributed by atoms with van der Waals surface area (Å²) in [6.45, 7) is 2.72. The van der Waals surface area contributed by atoms with Crippen molar-refractivity contribution in [1.29, 1.82) is 0 Å². The van der Waals surface area contributed by atoms with Crippen LogP contribution in [0.4, 0.5) is 0 Å². The third-order valence-corrected chi connectivity index (χ3v) is 6.69. The van der Waals surface area contributed by atoms with Gasteiger partial charge in [-0.05, 0) is 70.6 Å². The van der Waals surface area contributed by atoms with Crippen molar-refractivity contribution >= 4 is 15.9 Å². The van der Waals surface area contributed by atoms with Gasteiger partial charge in [-0.15, -0.1) is 0 Å². The van der Waals surface area contributed by atoms with Crippen molar-refractivity contribution in [3.8, 4) is 28.7 Å². The molecule has 2 aromatic carbocycles. The van der Waals surface area contributed by atoms with E-state index in [1.54, 1.807) is 35.5 Å². The van der Waals surface area contributed by atoms with Gasteiger partial charge in [0.1, 0.15) is 0 Å². The first-order chi connectivity index (χ1) is 15.5. The summed E-state index contributed by atoms with van der Waals surface area (Å²) in [5, 5.41) is 0. The molecule has 0 N–H and O–H groups in total. The number of rotatable bonds is 10. The number of ether oxygens (including phenoxy) is 6. The zero-order valence-corrected chi connectivity index (χ0v) is 21.3. The predicted molar refractivity (Wildman–Crippen MR) is 128 cm³/mol. The van der Waals surface area contributed by atoms with Crippen LogP contribution in [0.15, 0.2) is 28.7 Å². The average Bonchev–Trinajstić information content (AvgIpc) is 3.25. The van der Waals surface area contributed by atoms with E-state index in [-0.39, 0.29) is 17.9 Å². The smallest absolute Gasteiger partial charge is 0.203 e. The largest absolute Gasteiger partial charge is 0.493 e. The summed E-state index contributed by atoms with van der Waals surface area (Å²) in [4.78, 5) is 0. The fraction of sp³-hybridized carbons (Fsp3) is 0.520. The van der Waals surface area contributed by atoms with Crippen molar-refractivity contribution in [3.63, 3.8) is 0 Å². The highest BCUT2D eigenvalue weighted by atomic mass is 79.9. The summed E-state index contributed by atoms with van der Waals surface area (Å²) in [5.41, 5.74) is 2.28. The molecule has 2 aromatic rings. The summed E-state index contributed by atoms with van der Waals surface area (Å²) in [6, 6.07) is 8.25. The standard InChI is InChI=1S/C25H33BrO6/c1-7-10-32-24-19(26)11-15(12-20(24)27-2)17-8-9-18(23(17)30-5)16-13-21(28-3)25(31-6)22(14-16)29-4/h11-14,17-18,23H,7-10H2,1-6H3/t17-,18?,23+/m1/s1. The van der Waals surface area contributed by atoms with Gasteiger partial charge < -0.3 is 28.4 Å². The first-order valence-corrected chi connectivity index (χ1v) is 11.6. The maximum absolute atomic E-state index is 6.06. The molecule has 3 rings (SSSR count). The topological polar surface area (TPSA) is 55.4 Å². The molecule has 0 bridgehead atoms. The molecule has 1 aliphatic rings. The summed E-state index contributed by atoms with van der Waals surface area (Å²) in [5.74, 6) is 3.79. The van der Waals surface area contributed by atoms with Gasteiger partial charge in [-0.3, -0.25) is 0 Å². The van der Waals surface area contributed by atoms with Gasteiger partial charge in [0.2, 0.25) is 5.75 Å². The Kier molecular flexibility index (Phi) is 8.54. The molecule has 0 saturated heterocycles. The van der Waals surface area contributed by atoms with E-state index < -0.39 is 0 Å². The molecule has 6 nitrogen and oxygen atoms in total. The maximum Gasteiger partial charge on any atom is 0.203 e. The zero-order valence-electron chi connectivity index (χ0n) is 19.7. The Hall–Kier alpha value is -2.12. The molecule has 176 valence electrons. The Balaban J connectivity index is 1.96. The normalized spacial score (nSPS) is 20.2. The second-order valence-electron chi connectivity index (χ2n) is 7.83. The molecule has 0 radical (unpaired) electrons. The highest BCUT2D eigenvalue weighted by molar-refractivity contribution is 9.10. The molecular weight excluding hydrogens is 476 g/mol. The summed E-state index contributed by atoms with van der Waals surface area (Å²) >= 11 is 3.68. The number of hydrogen-bond donors (Lipinski definition) is 0. The van der Waals surface area contributed by atoms with Gasteiger partial charge in [-0.2, -0.15) is 0 Å². The van der Waals surface area contributed by atoms with Crippen LogP contribution in [0.5, 0.6) is 28.7 Å². The predicted octanol–water partition coefficient (Wildman–Crippen LogP) is 5.95. The van der Waals surface area contributed by atoms with Crippen LogP contribution in [0.3, 0.4) is 0 Å². The SMILES string of the molecule is CCCOc1c(Br)cc([C@H]2CCC(c3cc(OC)c(OC)c(OC)c3)[C@H]2OC)cc1OC. The van der Waals surface area contributed by atoms with E-state index in [0.29, 0.717) is 23.9 Å². The van der Waals surface area contributed by atoms with Crippen molar-refractivity contribution in [2.45, 2.75) is 44.1 Å². The summed E-state index contributed by atoms with van der Waals surface area (Å²) in [7, 11) is 8.34. The summed E-state index contributed by atoms with van der Waals surface area (Å²) < 4.78 is 35.1. The van der Waals surface area contributed by atoms with Gasteiger partial charge in [0.15, 0.2) is 23.0 Å². The minimum Gasteiger partial charge on any atom is -0.493 e. The monoisotopic (exact) mass is 508 g/mol. The molecule has 32 heavy (non-hydrogen) atoms. The molecular formula is C25H33BrO6. The number of halogens is 1. The lowest BCUT2D eigenvalue weighted by atomic mass is 9.89. The van der Waals surface area contributed by atoms with Gasteiger partial charge in [0, 0.05) is 18.9 Å². The van der Waals surface area contributed by atoms with E-state index in [4.69, 9.17) is 28.4 Å². The minimum absolute atomic E-state index is 0.00294. The lowest BCUT2D eigenvalue weighted by Crippen LogP contribution is -2.21. The fourth-order valence-electron chi connectivity index (χ4n) is 4.62. The first-order valence-electron chi connectivity index (χ1n) is 10.9. The van der Waals surface area contributed by atoms with E-state index in [2.05, 4.69) is 35.0 Å². The molecule has 0 aromatic heterocycles. The average molecular weight is 509 g/mol. The van der Waals surface area contributed by atoms with E-state index in [9.17, 15) is 0 Å². The van der Waals surface area contributed by atoms with Crippen LogP contribution in [0.25, 0.3) is 0 Å². The summed E-state index contributed by atoms with van der Waals surface area (Å²) in [6.07, 6.45) is 2.90. The van der Waals surface area contributed by atoms with Crippen LogP contribution in [0, 0.1) is 0 Å². The molecule has 0 aliphatic heterocycles.